The lowest BCUT2D eigenvalue weighted by Gasteiger charge is -2.28. The van der Waals surface area contributed by atoms with Crippen LogP contribution in [-0.2, 0) is 10.0 Å². The molecule has 0 atom stereocenters. The maximum absolute atomic E-state index is 12.9. The van der Waals surface area contributed by atoms with Gasteiger partial charge in [-0.25, -0.2) is 28.2 Å². The van der Waals surface area contributed by atoms with E-state index in [0.29, 0.717) is 47.4 Å². The molecule has 6 rings (SSSR count). The van der Waals surface area contributed by atoms with Crippen LogP contribution >= 0.6 is 0 Å². The molecular weight excluding hydrogens is 568 g/mol. The van der Waals surface area contributed by atoms with Crippen LogP contribution in [0.1, 0.15) is 50.5 Å². The number of amides is 1. The molecule has 2 heterocycles. The molecule has 0 unspecified atom stereocenters. The third-order valence-corrected chi connectivity index (χ3v) is 10.1. The van der Waals surface area contributed by atoms with E-state index in [1.165, 1.54) is 0 Å². The summed E-state index contributed by atoms with van der Waals surface area (Å²) >= 11 is 0. The fourth-order valence-corrected chi connectivity index (χ4v) is 7.30. The number of carbonyl (C=O) groups is 1. The van der Waals surface area contributed by atoms with Gasteiger partial charge in [0.25, 0.3) is 0 Å². The van der Waals surface area contributed by atoms with E-state index in [1.54, 1.807) is 18.5 Å². The number of anilines is 2. The van der Waals surface area contributed by atoms with Gasteiger partial charge < -0.3 is 20.5 Å². The first-order chi connectivity index (χ1) is 20.8. The molecule has 0 saturated heterocycles. The summed E-state index contributed by atoms with van der Waals surface area (Å²) in [6.07, 6.45) is 7.75. The molecule has 2 saturated carbocycles. The molecule has 0 radical (unpaired) electrons. The van der Waals surface area contributed by atoms with Crippen LogP contribution in [0, 0.1) is 6.92 Å². The molecule has 224 valence electrons. The number of rotatable bonds is 9. The highest BCUT2D eigenvalue weighted by molar-refractivity contribution is 7.93. The topological polar surface area (TPSA) is 155 Å². The van der Waals surface area contributed by atoms with Crippen molar-refractivity contribution in [2.24, 2.45) is 0 Å². The number of nitrogens with zero attached hydrogens (tertiary/aromatic N) is 3. The van der Waals surface area contributed by atoms with Crippen LogP contribution < -0.4 is 20.1 Å². The van der Waals surface area contributed by atoms with Gasteiger partial charge in [0, 0.05) is 35.2 Å². The molecule has 2 aliphatic rings. The molecule has 4 N–H and O–H groups in total. The van der Waals surface area contributed by atoms with Crippen molar-refractivity contribution < 1.29 is 23.1 Å². The number of pyridine rings is 1. The number of carboxylic acid groups (broad SMARTS) is 1. The van der Waals surface area contributed by atoms with Crippen LogP contribution in [0.2, 0.25) is 0 Å². The van der Waals surface area contributed by atoms with Crippen molar-refractivity contribution in [3.8, 4) is 22.9 Å². The first-order valence-corrected chi connectivity index (χ1v) is 16.1. The Hall–Kier alpha value is -4.45. The smallest absolute Gasteiger partial charge is 0.404 e. The van der Waals surface area contributed by atoms with Crippen LogP contribution in [0.5, 0.6) is 11.6 Å². The SMILES string of the molecule is Cc1cc(NS(=O)(=O)C2CCC2)c2ccccc2c1Oc1ncccc1-c1ccnc(N[C@H]2CC[C@H](NC(=O)O)CC2)n1. The first kappa shape index (κ1) is 28.7. The monoisotopic (exact) mass is 602 g/mol. The zero-order valence-corrected chi connectivity index (χ0v) is 24.6. The van der Waals surface area contributed by atoms with E-state index in [0.717, 1.165) is 48.4 Å². The van der Waals surface area contributed by atoms with Crippen molar-refractivity contribution in [3.05, 3.63) is 66.5 Å². The van der Waals surface area contributed by atoms with Gasteiger partial charge in [0.1, 0.15) is 5.75 Å². The lowest BCUT2D eigenvalue weighted by atomic mass is 9.91. The van der Waals surface area contributed by atoms with Gasteiger partial charge in [-0.05, 0) is 75.3 Å². The summed E-state index contributed by atoms with van der Waals surface area (Å²) in [6.45, 7) is 1.89. The van der Waals surface area contributed by atoms with Gasteiger partial charge in [-0.2, -0.15) is 0 Å². The summed E-state index contributed by atoms with van der Waals surface area (Å²) in [6, 6.07) is 15.0. The fraction of sp³-hybridized carbons (Fsp3) is 0.355. The highest BCUT2D eigenvalue weighted by Gasteiger charge is 2.32. The Morgan fingerprint density at radius 1 is 0.930 bits per heavy atom. The summed E-state index contributed by atoms with van der Waals surface area (Å²) in [5.74, 6) is 1.43. The van der Waals surface area contributed by atoms with Crippen LogP contribution in [0.4, 0.5) is 16.4 Å². The Kier molecular flexibility index (Phi) is 8.02. The number of hydrogen-bond acceptors (Lipinski definition) is 8. The summed E-state index contributed by atoms with van der Waals surface area (Å²) in [5, 5.41) is 16.1. The van der Waals surface area contributed by atoms with Gasteiger partial charge in [0.05, 0.1) is 22.2 Å². The molecule has 1 amide bonds. The van der Waals surface area contributed by atoms with Gasteiger partial charge in [0.2, 0.25) is 21.9 Å². The number of aromatic nitrogens is 3. The predicted octanol–water partition coefficient (Wildman–Crippen LogP) is 6.08. The third-order valence-electron chi connectivity index (χ3n) is 8.21. The van der Waals surface area contributed by atoms with Crippen molar-refractivity contribution in [1.82, 2.24) is 20.3 Å². The zero-order valence-electron chi connectivity index (χ0n) is 23.8. The standard InChI is InChI=1S/C31H34N6O5S/c1-19-18-27(37-43(40,41)22-6-4-7-22)23-8-2-3-9-24(23)28(19)42-29-25(10-5-16-32-29)26-15-17-33-30(36-26)34-20-11-13-21(14-12-20)35-31(38)39/h2-3,5,8-10,15-18,20-22,35,37H,4,6-7,11-14H2,1H3,(H,38,39)(H,33,34,36)/t20-,21-. The molecule has 43 heavy (non-hydrogen) atoms. The number of ether oxygens (including phenoxy) is 1. The van der Waals surface area contributed by atoms with E-state index < -0.39 is 16.1 Å². The molecule has 2 aromatic heterocycles. The van der Waals surface area contributed by atoms with Crippen LogP contribution in [-0.4, -0.2) is 51.9 Å². The summed E-state index contributed by atoms with van der Waals surface area (Å²) in [4.78, 5) is 24.6. The lowest BCUT2D eigenvalue weighted by Crippen LogP contribution is -2.39. The number of aryl methyl sites for hydroxylation is 1. The van der Waals surface area contributed by atoms with Gasteiger partial charge in [-0.1, -0.05) is 30.7 Å². The first-order valence-electron chi connectivity index (χ1n) is 14.5. The van der Waals surface area contributed by atoms with Gasteiger partial charge in [-0.15, -0.1) is 0 Å². The van der Waals surface area contributed by atoms with Crippen LogP contribution in [0.3, 0.4) is 0 Å². The number of fused-ring (bicyclic) bond motifs is 1. The maximum atomic E-state index is 12.9. The average molecular weight is 603 g/mol. The molecule has 2 aliphatic carbocycles. The molecule has 2 fully saturated rings. The largest absolute Gasteiger partial charge is 0.465 e. The van der Waals surface area contributed by atoms with Gasteiger partial charge >= 0.3 is 6.09 Å². The van der Waals surface area contributed by atoms with E-state index in [4.69, 9.17) is 14.8 Å². The molecular formula is C31H34N6O5S. The van der Waals surface area contributed by atoms with E-state index >= 15 is 0 Å². The van der Waals surface area contributed by atoms with Crippen LogP contribution in [0.15, 0.2) is 60.9 Å². The number of nitrogens with one attached hydrogen (secondary N) is 3. The van der Waals surface area contributed by atoms with E-state index in [-0.39, 0.29) is 17.3 Å². The van der Waals surface area contributed by atoms with Gasteiger partial charge in [-0.3, -0.25) is 4.72 Å². The maximum Gasteiger partial charge on any atom is 0.404 e. The highest BCUT2D eigenvalue weighted by atomic mass is 32.2. The van der Waals surface area contributed by atoms with Crippen molar-refractivity contribution >= 4 is 38.5 Å². The molecule has 11 nitrogen and oxygen atoms in total. The Morgan fingerprint density at radius 3 is 2.40 bits per heavy atom. The van der Waals surface area contributed by atoms with E-state index in [1.807, 2.05) is 49.4 Å². The van der Waals surface area contributed by atoms with E-state index in [2.05, 4.69) is 25.3 Å². The second-order valence-electron chi connectivity index (χ2n) is 11.2. The molecule has 4 aromatic rings. The molecule has 0 spiro atoms. The minimum absolute atomic E-state index is 0.0329. The molecule has 12 heteroatoms. The minimum atomic E-state index is -3.47. The summed E-state index contributed by atoms with van der Waals surface area (Å²) in [7, 11) is -3.47. The second kappa shape index (κ2) is 12.0. The van der Waals surface area contributed by atoms with Crippen molar-refractivity contribution in [1.29, 1.82) is 0 Å². The predicted molar refractivity (Wildman–Crippen MR) is 165 cm³/mol. The quantitative estimate of drug-likeness (QED) is 0.178. The number of benzene rings is 2. The summed E-state index contributed by atoms with van der Waals surface area (Å²) < 4.78 is 35.2. The fourth-order valence-electron chi connectivity index (χ4n) is 5.71. The Balaban J connectivity index is 1.25. The third kappa shape index (κ3) is 6.34. The Labute approximate surface area is 250 Å². The van der Waals surface area contributed by atoms with Crippen molar-refractivity contribution in [3.63, 3.8) is 0 Å². The number of hydrogen-bond donors (Lipinski definition) is 4. The average Bonchev–Trinajstić information content (AvgIpc) is 2.95. The normalized spacial score (nSPS) is 18.9. The Bertz CT molecular complexity index is 1750. The molecule has 2 aromatic carbocycles. The van der Waals surface area contributed by atoms with Crippen molar-refractivity contribution in [2.75, 3.05) is 10.0 Å². The van der Waals surface area contributed by atoms with E-state index in [9.17, 15) is 13.2 Å². The minimum Gasteiger partial charge on any atom is -0.465 e. The van der Waals surface area contributed by atoms with Crippen molar-refractivity contribution in [2.45, 2.75) is 69.2 Å². The zero-order chi connectivity index (χ0) is 30.0. The summed E-state index contributed by atoms with van der Waals surface area (Å²) in [5.41, 5.74) is 2.61. The number of sulfonamides is 1. The molecule has 0 aliphatic heterocycles. The second-order valence-corrected chi connectivity index (χ2v) is 13.1. The van der Waals surface area contributed by atoms with Crippen LogP contribution in [0.25, 0.3) is 22.0 Å². The Morgan fingerprint density at radius 2 is 1.67 bits per heavy atom. The highest BCUT2D eigenvalue weighted by Crippen LogP contribution is 2.40. The lowest BCUT2D eigenvalue weighted by molar-refractivity contribution is 0.185. The van der Waals surface area contributed by atoms with Gasteiger partial charge in [0.15, 0.2) is 0 Å². The molecule has 0 bridgehead atoms.